The zero-order valence-electron chi connectivity index (χ0n) is 16.3. The molecule has 14 heteroatoms. The van der Waals surface area contributed by atoms with E-state index in [1.54, 1.807) is 30.6 Å². The van der Waals surface area contributed by atoms with Crippen LogP contribution in [-0.2, 0) is 10.0 Å². The molecule has 164 valence electrons. The molecule has 0 radical (unpaired) electrons. The largest absolute Gasteiger partial charge is 0.388 e. The van der Waals surface area contributed by atoms with E-state index < -0.39 is 27.3 Å². The molecule has 4 N–H and O–H groups in total. The number of thiophene rings is 1. The van der Waals surface area contributed by atoms with Gasteiger partial charge in [0.1, 0.15) is 4.21 Å². The van der Waals surface area contributed by atoms with Crippen LogP contribution in [0.3, 0.4) is 0 Å². The van der Waals surface area contributed by atoms with Gasteiger partial charge in [-0.15, -0.1) is 21.5 Å². The van der Waals surface area contributed by atoms with Gasteiger partial charge in [0.15, 0.2) is 11.6 Å². The molecular weight excluding hydrogens is 458 g/mol. The Labute approximate surface area is 184 Å². The maximum absolute atomic E-state index is 12.8. The lowest BCUT2D eigenvalue weighted by molar-refractivity contribution is 0.256. The van der Waals surface area contributed by atoms with Crippen LogP contribution in [0.5, 0.6) is 0 Å². The summed E-state index contributed by atoms with van der Waals surface area (Å²) >= 11 is 0.956. The van der Waals surface area contributed by atoms with Gasteiger partial charge in [-0.2, -0.15) is 0 Å². The fourth-order valence-corrected chi connectivity index (χ4v) is 4.72. The topological polar surface area (TPSA) is 168 Å². The molecule has 1 aromatic carbocycles. The Morgan fingerprint density at radius 1 is 1.12 bits per heavy atom. The zero-order chi connectivity index (χ0) is 22.9. The lowest BCUT2D eigenvalue weighted by Gasteiger charge is -2.08. The van der Waals surface area contributed by atoms with E-state index in [0.717, 1.165) is 21.6 Å². The fourth-order valence-electron chi connectivity index (χ4n) is 2.82. The van der Waals surface area contributed by atoms with Crippen molar-refractivity contribution in [1.82, 2.24) is 24.5 Å². The molecule has 32 heavy (non-hydrogen) atoms. The summed E-state index contributed by atoms with van der Waals surface area (Å²) in [5.41, 5.74) is -0.232. The number of carbonyl (C=O) groups is 1. The highest BCUT2D eigenvalue weighted by Gasteiger charge is 2.19. The number of benzene rings is 1. The number of carbonyl (C=O) groups excluding carboxylic acids is 1. The minimum atomic E-state index is -4.01. The van der Waals surface area contributed by atoms with Gasteiger partial charge in [0.05, 0.1) is 10.9 Å². The van der Waals surface area contributed by atoms with Gasteiger partial charge >= 0.3 is 11.7 Å². The van der Waals surface area contributed by atoms with Crippen LogP contribution < -0.4 is 26.6 Å². The second kappa shape index (κ2) is 8.24. The molecule has 0 atom stereocenters. The van der Waals surface area contributed by atoms with Crippen molar-refractivity contribution in [3.8, 4) is 5.82 Å². The first-order valence-corrected chi connectivity index (χ1v) is 11.3. The van der Waals surface area contributed by atoms with E-state index in [1.807, 2.05) is 4.72 Å². The standard InChI is InChI=1S/C18H15N7O5S2/c1-19-10-4-5-11-12(9-10)20-18(28)25(16(11)26)14-7-6-13(22-23-14)21-17(27)24-32(29,30)15-3-2-8-31-15/h2-9,19H,1H3,(H,20,28)(H2,21,22,24,27). The summed E-state index contributed by atoms with van der Waals surface area (Å²) in [6.45, 7) is 0. The van der Waals surface area contributed by atoms with Crippen LogP contribution in [0.1, 0.15) is 0 Å². The van der Waals surface area contributed by atoms with E-state index in [4.69, 9.17) is 0 Å². The average Bonchev–Trinajstić information content (AvgIpc) is 3.30. The third-order valence-corrected chi connectivity index (χ3v) is 7.02. The first kappa shape index (κ1) is 21.2. The van der Waals surface area contributed by atoms with Crippen molar-refractivity contribution >= 4 is 49.8 Å². The van der Waals surface area contributed by atoms with E-state index >= 15 is 0 Å². The second-order valence-electron chi connectivity index (χ2n) is 6.35. The highest BCUT2D eigenvalue weighted by Crippen LogP contribution is 2.16. The summed E-state index contributed by atoms with van der Waals surface area (Å²) in [6.07, 6.45) is 0. The van der Waals surface area contributed by atoms with E-state index in [2.05, 4.69) is 25.8 Å². The molecule has 12 nitrogen and oxygen atoms in total. The number of H-pyrrole nitrogens is 1. The zero-order valence-corrected chi connectivity index (χ0v) is 18.0. The number of hydrogen-bond acceptors (Lipinski definition) is 9. The molecule has 0 fully saturated rings. The lowest BCUT2D eigenvalue weighted by atomic mass is 10.2. The van der Waals surface area contributed by atoms with Crippen molar-refractivity contribution in [1.29, 1.82) is 0 Å². The van der Waals surface area contributed by atoms with E-state index in [0.29, 0.717) is 5.52 Å². The monoisotopic (exact) mass is 473 g/mol. The van der Waals surface area contributed by atoms with Gasteiger partial charge in [-0.25, -0.2) is 27.3 Å². The molecular formula is C18H15N7O5S2. The third-order valence-electron chi connectivity index (χ3n) is 4.29. The molecule has 4 rings (SSSR count). The predicted octanol–water partition coefficient (Wildman–Crippen LogP) is 1.08. The molecule has 0 aliphatic rings. The Bertz CT molecular complexity index is 1520. The average molecular weight is 473 g/mol. The quantitative estimate of drug-likeness (QED) is 0.334. The number of hydrogen-bond donors (Lipinski definition) is 4. The number of nitrogens with one attached hydrogen (secondary N) is 4. The summed E-state index contributed by atoms with van der Waals surface area (Å²) in [7, 11) is -2.30. The Kier molecular flexibility index (Phi) is 5.46. The number of nitrogens with zero attached hydrogens (tertiary/aromatic N) is 3. The summed E-state index contributed by atoms with van der Waals surface area (Å²) in [4.78, 5) is 39.9. The Morgan fingerprint density at radius 2 is 1.94 bits per heavy atom. The summed E-state index contributed by atoms with van der Waals surface area (Å²) < 4.78 is 26.8. The summed E-state index contributed by atoms with van der Waals surface area (Å²) in [5, 5.41) is 14.5. The molecule has 0 bridgehead atoms. The summed E-state index contributed by atoms with van der Waals surface area (Å²) in [5.74, 6) is -0.162. The Hall–Kier alpha value is -4.04. The van der Waals surface area contributed by atoms with Crippen molar-refractivity contribution in [3.63, 3.8) is 0 Å². The fraction of sp³-hybridized carbons (Fsp3) is 0.0556. The number of aromatic amines is 1. The van der Waals surface area contributed by atoms with Gasteiger partial charge in [-0.1, -0.05) is 6.07 Å². The van der Waals surface area contributed by atoms with Crippen LogP contribution in [-0.4, -0.2) is 41.2 Å². The highest BCUT2D eigenvalue weighted by atomic mass is 32.2. The number of amides is 2. The van der Waals surface area contributed by atoms with Crippen LogP contribution in [0.15, 0.2) is 61.6 Å². The normalized spacial score (nSPS) is 11.3. The van der Waals surface area contributed by atoms with Gasteiger partial charge in [-0.3, -0.25) is 10.1 Å². The molecule has 2 amide bonds. The SMILES string of the molecule is CNc1ccc2c(=O)n(-c3ccc(NC(=O)NS(=O)(=O)c4cccs4)nn3)c(=O)[nH]c2c1. The van der Waals surface area contributed by atoms with Crippen molar-refractivity contribution in [2.45, 2.75) is 4.21 Å². The van der Waals surface area contributed by atoms with Crippen LogP contribution in [0.2, 0.25) is 0 Å². The van der Waals surface area contributed by atoms with Crippen LogP contribution in [0, 0.1) is 0 Å². The number of sulfonamides is 1. The minimum absolute atomic E-state index is 0.0224. The molecule has 0 unspecified atom stereocenters. The molecule has 0 aliphatic carbocycles. The van der Waals surface area contributed by atoms with Gasteiger partial charge in [0.25, 0.3) is 15.6 Å². The van der Waals surface area contributed by atoms with Gasteiger partial charge in [0, 0.05) is 12.7 Å². The number of urea groups is 1. The first-order chi connectivity index (χ1) is 15.3. The number of fused-ring (bicyclic) bond motifs is 1. The van der Waals surface area contributed by atoms with E-state index in [-0.39, 0.29) is 21.2 Å². The highest BCUT2D eigenvalue weighted by molar-refractivity contribution is 7.92. The van der Waals surface area contributed by atoms with Crippen molar-refractivity contribution < 1.29 is 13.2 Å². The van der Waals surface area contributed by atoms with Crippen molar-refractivity contribution in [3.05, 3.63) is 68.7 Å². The van der Waals surface area contributed by atoms with Crippen LogP contribution in [0.25, 0.3) is 16.7 Å². The Balaban J connectivity index is 1.58. The van der Waals surface area contributed by atoms with Gasteiger partial charge in [0.2, 0.25) is 0 Å². The first-order valence-electron chi connectivity index (χ1n) is 8.97. The molecule has 3 aromatic heterocycles. The number of rotatable bonds is 5. The number of anilines is 2. The lowest BCUT2D eigenvalue weighted by Crippen LogP contribution is -2.35. The van der Waals surface area contributed by atoms with E-state index in [9.17, 15) is 22.8 Å². The van der Waals surface area contributed by atoms with Gasteiger partial charge < -0.3 is 10.3 Å². The van der Waals surface area contributed by atoms with Crippen LogP contribution in [0.4, 0.5) is 16.3 Å². The predicted molar refractivity (Wildman–Crippen MR) is 119 cm³/mol. The molecule has 3 heterocycles. The second-order valence-corrected chi connectivity index (χ2v) is 9.21. The molecule has 4 aromatic rings. The summed E-state index contributed by atoms with van der Waals surface area (Å²) in [6, 6.07) is 9.31. The molecule has 0 saturated heterocycles. The molecule has 0 spiro atoms. The molecule has 0 aliphatic heterocycles. The number of aromatic nitrogens is 4. The van der Waals surface area contributed by atoms with Crippen LogP contribution >= 0.6 is 11.3 Å². The third kappa shape index (κ3) is 4.08. The Morgan fingerprint density at radius 3 is 2.59 bits per heavy atom. The maximum Gasteiger partial charge on any atom is 0.334 e. The van der Waals surface area contributed by atoms with Crippen molar-refractivity contribution in [2.24, 2.45) is 0 Å². The van der Waals surface area contributed by atoms with Gasteiger partial charge in [-0.05, 0) is 41.8 Å². The molecule has 0 saturated carbocycles. The minimum Gasteiger partial charge on any atom is -0.388 e. The van der Waals surface area contributed by atoms with Crippen molar-refractivity contribution in [2.75, 3.05) is 17.7 Å². The van der Waals surface area contributed by atoms with E-state index in [1.165, 1.54) is 24.3 Å². The smallest absolute Gasteiger partial charge is 0.334 e. The maximum atomic E-state index is 12.8.